The topological polar surface area (TPSA) is 150 Å². The zero-order chi connectivity index (χ0) is 32.5. The Kier molecular flexibility index (Phi) is 6.06. The molecule has 0 spiro atoms. The maximum Gasteiger partial charge on any atom is 0.208 e. The van der Waals surface area contributed by atoms with Crippen LogP contribution in [0.3, 0.4) is 0 Å². The van der Waals surface area contributed by atoms with E-state index in [0.29, 0.717) is 79.0 Å². The Morgan fingerprint density at radius 3 is 0.979 bits per heavy atom. The first-order valence-electron chi connectivity index (χ1n) is 15.2. The summed E-state index contributed by atoms with van der Waals surface area (Å²) in [5.41, 5.74) is 2.29. The fourth-order valence-electron chi connectivity index (χ4n) is 6.68. The number of benzene rings is 4. The molecule has 1 aliphatic heterocycles. The van der Waals surface area contributed by atoms with Gasteiger partial charge in [0.1, 0.15) is 45.2 Å². The van der Waals surface area contributed by atoms with Crippen molar-refractivity contribution in [2.75, 3.05) is 28.4 Å². The quantitative estimate of drug-likeness (QED) is 0.194. The van der Waals surface area contributed by atoms with Crippen molar-refractivity contribution in [3.05, 3.63) is 94.7 Å². The lowest BCUT2D eigenvalue weighted by molar-refractivity contribution is 0.309. The van der Waals surface area contributed by atoms with Crippen LogP contribution in [0.15, 0.2) is 92.8 Å². The van der Waals surface area contributed by atoms with Crippen LogP contribution in [0.25, 0.3) is 43.1 Å². The summed E-state index contributed by atoms with van der Waals surface area (Å²) in [6, 6.07) is 24.0. The minimum Gasteiger partial charge on any atom is -0.492 e. The Bertz CT molecular complexity index is 2670. The Morgan fingerprint density at radius 1 is 0.354 bits per heavy atom. The molecule has 4 aromatic heterocycles. The highest BCUT2D eigenvalue weighted by Crippen LogP contribution is 2.49. The molecule has 0 unspecified atom stereocenters. The second-order valence-electron chi connectivity index (χ2n) is 11.3. The second-order valence-corrected chi connectivity index (χ2v) is 11.3. The van der Waals surface area contributed by atoms with Gasteiger partial charge < -0.3 is 38.9 Å². The second kappa shape index (κ2) is 10.5. The number of nitrogens with zero attached hydrogens (tertiary/aromatic N) is 4. The summed E-state index contributed by atoms with van der Waals surface area (Å²) >= 11 is 0. The number of ether oxygens (including phenoxy) is 4. The van der Waals surface area contributed by atoms with Crippen molar-refractivity contribution >= 4 is 66.4 Å². The van der Waals surface area contributed by atoms with Gasteiger partial charge in [-0.2, -0.15) is 0 Å². The number of aromatic nitrogens is 4. The first kappa shape index (κ1) is 27.7. The first-order valence-corrected chi connectivity index (χ1v) is 15.2. The van der Waals surface area contributed by atoms with Crippen LogP contribution in [0.1, 0.15) is 0 Å². The summed E-state index contributed by atoms with van der Waals surface area (Å²) < 4.78 is 23.6. The van der Waals surface area contributed by atoms with Crippen LogP contribution in [0.5, 0.6) is 23.0 Å². The summed E-state index contributed by atoms with van der Waals surface area (Å²) in [7, 11) is 6.27. The number of fused-ring (bicyclic) bond motifs is 20. The number of methoxy groups -OCH3 is 4. The van der Waals surface area contributed by atoms with E-state index in [9.17, 15) is 0 Å². The lowest BCUT2D eigenvalue weighted by Crippen LogP contribution is -2.10. The Hall–Kier alpha value is -6.56. The van der Waals surface area contributed by atoms with E-state index in [1.54, 1.807) is 28.4 Å². The largest absolute Gasteiger partial charge is 0.492 e. The standard InChI is InChI=1S/C36H28N8O4/c1-45-25-23-24(26(46-2)28(48-4)27(25)47-3)36-43-34-22-16-10-8-14-20(22)32(41-34)39-30-18-12-6-5-11-17(18)29(37-30)38-31-19-13-7-9-15-21(19)33(40-31)42-35(23)44-36/h5-16H,1-4H3,(H4,37,38,39,40,41,42,43,44). The van der Waals surface area contributed by atoms with Gasteiger partial charge in [0.2, 0.25) is 11.5 Å². The first-order chi connectivity index (χ1) is 23.6. The lowest BCUT2D eigenvalue weighted by atomic mass is 10.1. The highest BCUT2D eigenvalue weighted by molar-refractivity contribution is 6.02. The van der Waals surface area contributed by atoms with Crippen LogP contribution >= 0.6 is 0 Å². The van der Waals surface area contributed by atoms with Gasteiger partial charge in [-0.05, 0) is 0 Å². The van der Waals surface area contributed by atoms with Crippen LogP contribution in [-0.2, 0) is 0 Å². The number of rotatable bonds is 4. The van der Waals surface area contributed by atoms with E-state index >= 15 is 0 Å². The number of H-pyrrole nitrogens is 4. The zero-order valence-electron chi connectivity index (χ0n) is 26.4. The molecular weight excluding hydrogens is 608 g/mol. The molecule has 236 valence electrons. The van der Waals surface area contributed by atoms with Crippen LogP contribution in [0.4, 0.5) is 23.3 Å². The molecule has 0 saturated carbocycles. The van der Waals surface area contributed by atoms with Crippen molar-refractivity contribution in [3.63, 3.8) is 0 Å². The van der Waals surface area contributed by atoms with Crippen LogP contribution < -0.4 is 40.9 Å². The molecule has 0 radical (unpaired) electrons. The molecule has 48 heavy (non-hydrogen) atoms. The summed E-state index contributed by atoms with van der Waals surface area (Å²) in [4.78, 5) is 34.4. The van der Waals surface area contributed by atoms with E-state index in [4.69, 9.17) is 38.9 Å². The van der Waals surface area contributed by atoms with Crippen LogP contribution in [-0.4, -0.2) is 48.4 Å². The highest BCUT2D eigenvalue weighted by Gasteiger charge is 2.27. The predicted molar refractivity (Wildman–Crippen MR) is 183 cm³/mol. The van der Waals surface area contributed by atoms with Crippen molar-refractivity contribution < 1.29 is 18.9 Å². The summed E-state index contributed by atoms with van der Waals surface area (Å²) in [6.07, 6.45) is 0. The van der Waals surface area contributed by atoms with Gasteiger partial charge in [-0.3, -0.25) is 0 Å². The number of aromatic amines is 4. The number of hydrogen-bond acceptors (Lipinski definition) is 8. The zero-order valence-corrected chi connectivity index (χ0v) is 26.4. The van der Waals surface area contributed by atoms with Gasteiger partial charge in [0, 0.05) is 32.3 Å². The van der Waals surface area contributed by atoms with Crippen molar-refractivity contribution in [3.8, 4) is 23.0 Å². The SMILES string of the molecule is COc1c(OC)c(OC)c2c3[nH]c(c2c1OC)=Nc1[nH]c(c2ccccc12)N=c1[nH]c(c2ccccc12)=Nc1[nH]c(c2ccccc12)N=3. The normalized spacial score (nSPS) is 12.4. The average molecular weight is 637 g/mol. The van der Waals surface area contributed by atoms with Gasteiger partial charge in [0.15, 0.2) is 11.5 Å². The van der Waals surface area contributed by atoms with Crippen molar-refractivity contribution in [2.24, 2.45) is 20.0 Å². The minimum absolute atomic E-state index is 0.366. The minimum atomic E-state index is 0.366. The van der Waals surface area contributed by atoms with Gasteiger partial charge in [0.25, 0.3) is 0 Å². The fraction of sp³-hybridized carbons (Fsp3) is 0.111. The predicted octanol–water partition coefficient (Wildman–Crippen LogP) is 5.76. The van der Waals surface area contributed by atoms with Gasteiger partial charge >= 0.3 is 0 Å². The average Bonchev–Trinajstić information content (AvgIpc) is 3.86. The third kappa shape index (κ3) is 3.89. The van der Waals surface area contributed by atoms with Gasteiger partial charge in [-0.1, -0.05) is 72.8 Å². The Labute approximate surface area is 271 Å². The molecule has 0 fully saturated rings. The number of hydrogen-bond donors (Lipinski definition) is 4. The lowest BCUT2D eigenvalue weighted by Gasteiger charge is -2.16. The molecule has 4 aromatic carbocycles. The molecule has 4 N–H and O–H groups in total. The molecule has 0 aliphatic carbocycles. The summed E-state index contributed by atoms with van der Waals surface area (Å²) in [5, 5.41) is 6.66. The molecule has 0 atom stereocenters. The molecule has 8 aromatic rings. The Morgan fingerprint density at radius 2 is 0.646 bits per heavy atom. The van der Waals surface area contributed by atoms with Crippen molar-refractivity contribution in [1.29, 1.82) is 0 Å². The molecule has 0 saturated heterocycles. The van der Waals surface area contributed by atoms with E-state index in [1.165, 1.54) is 0 Å². The van der Waals surface area contributed by atoms with Gasteiger partial charge in [0.05, 0.1) is 39.2 Å². The van der Waals surface area contributed by atoms with Crippen molar-refractivity contribution in [2.45, 2.75) is 0 Å². The third-order valence-electron chi connectivity index (χ3n) is 8.77. The van der Waals surface area contributed by atoms with E-state index in [-0.39, 0.29) is 0 Å². The van der Waals surface area contributed by atoms with Gasteiger partial charge in [-0.15, -0.1) is 0 Å². The van der Waals surface area contributed by atoms with E-state index in [1.807, 2.05) is 72.8 Å². The van der Waals surface area contributed by atoms with Crippen LogP contribution in [0, 0.1) is 0 Å². The Balaban J connectivity index is 1.54. The van der Waals surface area contributed by atoms with Crippen molar-refractivity contribution in [1.82, 2.24) is 19.9 Å². The van der Waals surface area contributed by atoms with Gasteiger partial charge in [-0.25, -0.2) is 20.0 Å². The summed E-state index contributed by atoms with van der Waals surface area (Å²) in [5.74, 6) is 4.04. The van der Waals surface area contributed by atoms with E-state index < -0.39 is 0 Å². The maximum absolute atomic E-state index is 5.98. The highest BCUT2D eigenvalue weighted by atomic mass is 16.5. The molecule has 12 heteroatoms. The molecule has 5 heterocycles. The van der Waals surface area contributed by atoms with E-state index in [0.717, 1.165) is 32.3 Å². The fourth-order valence-corrected chi connectivity index (χ4v) is 6.68. The smallest absolute Gasteiger partial charge is 0.208 e. The molecule has 9 rings (SSSR count). The maximum atomic E-state index is 5.98. The molecule has 8 bridgehead atoms. The molecular formula is C36H28N8O4. The molecule has 0 amide bonds. The summed E-state index contributed by atoms with van der Waals surface area (Å²) in [6.45, 7) is 0. The molecule has 1 aliphatic rings. The third-order valence-corrected chi connectivity index (χ3v) is 8.77. The molecule has 12 nitrogen and oxygen atoms in total. The number of nitrogens with one attached hydrogen (secondary N) is 4. The monoisotopic (exact) mass is 636 g/mol. The van der Waals surface area contributed by atoms with Crippen LogP contribution in [0.2, 0.25) is 0 Å². The van der Waals surface area contributed by atoms with E-state index in [2.05, 4.69) is 19.9 Å².